The Balaban J connectivity index is 2.19. The highest BCUT2D eigenvalue weighted by atomic mass is 32.2. The highest BCUT2D eigenvalue weighted by molar-refractivity contribution is 7.99. The molecule has 1 aliphatic carbocycles. The minimum absolute atomic E-state index is 0.200. The number of hydrogen-bond donors (Lipinski definition) is 2. The van der Waals surface area contributed by atoms with Crippen molar-refractivity contribution in [3.05, 3.63) is 0 Å². The van der Waals surface area contributed by atoms with E-state index >= 15 is 0 Å². The van der Waals surface area contributed by atoms with Gasteiger partial charge in [0.15, 0.2) is 0 Å². The molecule has 0 aromatic rings. The van der Waals surface area contributed by atoms with E-state index in [9.17, 15) is 4.79 Å². The van der Waals surface area contributed by atoms with Crippen molar-refractivity contribution in [1.29, 1.82) is 0 Å². The minimum Gasteiger partial charge on any atom is -0.353 e. The minimum atomic E-state index is 0.200. The summed E-state index contributed by atoms with van der Waals surface area (Å²) in [7, 11) is 0. The van der Waals surface area contributed by atoms with Crippen LogP contribution in [0.5, 0.6) is 0 Å². The van der Waals surface area contributed by atoms with E-state index in [1.807, 2.05) is 11.8 Å². The molecular formula is C13H26N2OS. The van der Waals surface area contributed by atoms with Gasteiger partial charge in [0.2, 0.25) is 5.91 Å². The summed E-state index contributed by atoms with van der Waals surface area (Å²) in [6, 6.07) is 0.697. The smallest absolute Gasteiger partial charge is 0.221 e. The van der Waals surface area contributed by atoms with Crippen LogP contribution in [0.25, 0.3) is 0 Å². The second-order valence-corrected chi connectivity index (χ2v) is 6.08. The zero-order chi connectivity index (χ0) is 12.7. The Labute approximate surface area is 109 Å². The van der Waals surface area contributed by atoms with Gasteiger partial charge in [-0.15, -0.1) is 0 Å². The maximum Gasteiger partial charge on any atom is 0.221 e. The van der Waals surface area contributed by atoms with Crippen molar-refractivity contribution in [2.75, 3.05) is 12.8 Å². The van der Waals surface area contributed by atoms with Gasteiger partial charge in [-0.1, -0.05) is 6.92 Å². The van der Waals surface area contributed by atoms with Crippen LogP contribution in [0.2, 0.25) is 0 Å². The molecule has 2 N–H and O–H groups in total. The lowest BCUT2D eigenvalue weighted by Gasteiger charge is -2.28. The van der Waals surface area contributed by atoms with Crippen LogP contribution >= 0.6 is 11.8 Å². The molecule has 0 radical (unpaired) electrons. The Kier molecular flexibility index (Phi) is 6.97. The van der Waals surface area contributed by atoms with Crippen LogP contribution in [0.1, 0.15) is 46.0 Å². The van der Waals surface area contributed by atoms with Gasteiger partial charge in [-0.05, 0) is 45.4 Å². The molecule has 1 amide bonds. The zero-order valence-electron chi connectivity index (χ0n) is 11.3. The molecule has 0 saturated heterocycles. The van der Waals surface area contributed by atoms with Gasteiger partial charge < -0.3 is 10.6 Å². The van der Waals surface area contributed by atoms with Crippen molar-refractivity contribution < 1.29 is 4.79 Å². The summed E-state index contributed by atoms with van der Waals surface area (Å²) in [6.45, 7) is 5.05. The van der Waals surface area contributed by atoms with Crippen LogP contribution in [-0.2, 0) is 4.79 Å². The van der Waals surface area contributed by atoms with E-state index < -0.39 is 0 Å². The fourth-order valence-electron chi connectivity index (χ4n) is 2.43. The second-order valence-electron chi connectivity index (χ2n) is 4.94. The fourth-order valence-corrected chi connectivity index (χ4v) is 3.17. The number of rotatable bonds is 6. The zero-order valence-corrected chi connectivity index (χ0v) is 12.1. The molecule has 1 unspecified atom stereocenters. The molecule has 0 aliphatic heterocycles. The third-order valence-electron chi connectivity index (χ3n) is 3.42. The Hall–Kier alpha value is -0.220. The monoisotopic (exact) mass is 258 g/mol. The summed E-state index contributed by atoms with van der Waals surface area (Å²) in [5.41, 5.74) is 0. The first-order valence-electron chi connectivity index (χ1n) is 6.71. The van der Waals surface area contributed by atoms with Crippen molar-refractivity contribution in [3.8, 4) is 0 Å². The van der Waals surface area contributed by atoms with Crippen molar-refractivity contribution in [2.24, 2.45) is 0 Å². The van der Waals surface area contributed by atoms with Gasteiger partial charge in [-0.25, -0.2) is 0 Å². The van der Waals surface area contributed by atoms with Crippen LogP contribution in [-0.4, -0.2) is 36.0 Å². The van der Waals surface area contributed by atoms with E-state index in [0.29, 0.717) is 12.5 Å². The van der Waals surface area contributed by atoms with E-state index in [2.05, 4.69) is 30.7 Å². The molecule has 0 bridgehead atoms. The van der Waals surface area contributed by atoms with Gasteiger partial charge in [0.05, 0.1) is 0 Å². The lowest BCUT2D eigenvalue weighted by atomic mass is 9.95. The van der Waals surface area contributed by atoms with E-state index in [1.54, 1.807) is 0 Å². The first kappa shape index (κ1) is 14.8. The van der Waals surface area contributed by atoms with Crippen LogP contribution in [0, 0.1) is 0 Å². The summed E-state index contributed by atoms with van der Waals surface area (Å²) in [6.07, 6.45) is 7.56. The molecule has 4 heteroatoms. The lowest BCUT2D eigenvalue weighted by Crippen LogP contribution is -2.41. The molecule has 17 heavy (non-hydrogen) atoms. The number of carbonyl (C=O) groups is 1. The summed E-state index contributed by atoms with van der Waals surface area (Å²) >= 11 is 1.96. The number of thioether (sulfide) groups is 1. The van der Waals surface area contributed by atoms with Crippen LogP contribution in [0.3, 0.4) is 0 Å². The summed E-state index contributed by atoms with van der Waals surface area (Å²) < 4.78 is 0. The third kappa shape index (κ3) is 5.77. The average molecular weight is 258 g/mol. The fraction of sp³-hybridized carbons (Fsp3) is 0.923. The molecule has 0 heterocycles. The number of carbonyl (C=O) groups excluding carboxylic acids is 1. The van der Waals surface area contributed by atoms with Gasteiger partial charge in [0.1, 0.15) is 0 Å². The summed E-state index contributed by atoms with van der Waals surface area (Å²) in [4.78, 5) is 11.8. The van der Waals surface area contributed by atoms with E-state index in [4.69, 9.17) is 0 Å². The topological polar surface area (TPSA) is 41.1 Å². The maximum absolute atomic E-state index is 11.8. The van der Waals surface area contributed by atoms with E-state index in [0.717, 1.165) is 24.6 Å². The predicted octanol–water partition coefficient (Wildman–Crippen LogP) is 2.16. The van der Waals surface area contributed by atoms with Crippen molar-refractivity contribution >= 4 is 17.7 Å². The predicted molar refractivity (Wildman–Crippen MR) is 75.5 cm³/mol. The average Bonchev–Trinajstić information content (AvgIpc) is 2.30. The molecule has 1 saturated carbocycles. The summed E-state index contributed by atoms with van der Waals surface area (Å²) in [5.74, 6) is 0.200. The van der Waals surface area contributed by atoms with Crippen molar-refractivity contribution in [1.82, 2.24) is 10.6 Å². The molecule has 0 aromatic carbocycles. The number of amides is 1. The first-order chi connectivity index (χ1) is 8.15. The Morgan fingerprint density at radius 1 is 1.35 bits per heavy atom. The number of hydrogen-bond acceptors (Lipinski definition) is 3. The highest BCUT2D eigenvalue weighted by Gasteiger charge is 2.21. The van der Waals surface area contributed by atoms with Crippen molar-refractivity contribution in [3.63, 3.8) is 0 Å². The maximum atomic E-state index is 11.8. The summed E-state index contributed by atoms with van der Waals surface area (Å²) in [5, 5.41) is 7.24. The molecule has 1 fully saturated rings. The van der Waals surface area contributed by atoms with E-state index in [1.165, 1.54) is 12.8 Å². The molecule has 1 atom stereocenters. The van der Waals surface area contributed by atoms with Gasteiger partial charge in [0.25, 0.3) is 0 Å². The second kappa shape index (κ2) is 7.98. The third-order valence-corrected chi connectivity index (χ3v) is 4.55. The quantitative estimate of drug-likeness (QED) is 0.767. The molecule has 0 aromatic heterocycles. The van der Waals surface area contributed by atoms with Gasteiger partial charge in [-0.2, -0.15) is 11.8 Å². The molecule has 3 nitrogen and oxygen atoms in total. The molecule has 1 aliphatic rings. The normalized spacial score (nSPS) is 26.5. The standard InChI is InChI=1S/C13H26N2OS/c1-4-14-10(2)9-13(16)15-11-5-7-12(17-3)8-6-11/h10-12,14H,4-9H2,1-3H3,(H,15,16). The molecular weight excluding hydrogens is 232 g/mol. The Morgan fingerprint density at radius 3 is 2.53 bits per heavy atom. The molecule has 100 valence electrons. The molecule has 1 rings (SSSR count). The molecule has 0 spiro atoms. The highest BCUT2D eigenvalue weighted by Crippen LogP contribution is 2.26. The first-order valence-corrected chi connectivity index (χ1v) is 8.00. The van der Waals surface area contributed by atoms with E-state index in [-0.39, 0.29) is 11.9 Å². The Bertz CT molecular complexity index is 227. The van der Waals surface area contributed by atoms with Gasteiger partial charge >= 0.3 is 0 Å². The lowest BCUT2D eigenvalue weighted by molar-refractivity contribution is -0.122. The van der Waals surface area contributed by atoms with Crippen molar-refractivity contribution in [2.45, 2.75) is 63.3 Å². The SMILES string of the molecule is CCNC(C)CC(=O)NC1CCC(SC)CC1. The van der Waals surface area contributed by atoms with Crippen LogP contribution < -0.4 is 10.6 Å². The van der Waals surface area contributed by atoms with Crippen LogP contribution in [0.4, 0.5) is 0 Å². The largest absolute Gasteiger partial charge is 0.353 e. The van der Waals surface area contributed by atoms with Gasteiger partial charge in [0, 0.05) is 23.8 Å². The van der Waals surface area contributed by atoms with Crippen LogP contribution in [0.15, 0.2) is 0 Å². The Morgan fingerprint density at radius 2 is 2.00 bits per heavy atom. The number of nitrogens with one attached hydrogen (secondary N) is 2. The van der Waals surface area contributed by atoms with Gasteiger partial charge in [-0.3, -0.25) is 4.79 Å².